The van der Waals surface area contributed by atoms with Crippen molar-refractivity contribution in [2.75, 3.05) is 42.0 Å². The quantitative estimate of drug-likeness (QED) is 0.432. The van der Waals surface area contributed by atoms with Crippen LogP contribution in [0.5, 0.6) is 0 Å². The molecule has 0 saturated carbocycles. The fraction of sp³-hybridized carbons (Fsp3) is 0.385. The summed E-state index contributed by atoms with van der Waals surface area (Å²) in [4.78, 5) is 35.5. The standard InChI is InChI=1S/C26H34N7O2P/c1-16-7-6-10-27-24-20(14-28-32(24)3)22-12-18(11-17(2)29-22)25(34)31-26-30-21-9-8-19(36(4,5)35)13-23(21)33(26)15-16/h8-9,11-14,16,27,35-36H,6-7,10,15H2,1-5H3,(H,30,31,34). The molecule has 0 fully saturated rings. The number of nitrogens with one attached hydrogen (secondary N) is 2. The second-order valence-corrected chi connectivity index (χ2v) is 14.0. The summed E-state index contributed by atoms with van der Waals surface area (Å²) in [7, 11) is -0.595. The first kappa shape index (κ1) is 24.4. The van der Waals surface area contributed by atoms with Crippen LogP contribution >= 0.6 is 7.49 Å². The van der Waals surface area contributed by atoms with E-state index in [1.165, 1.54) is 0 Å². The SMILES string of the molecule is Cc1cc2cc(n1)-c1cnn(C)c1NCCCC(C)CN1/C(=N/C2=O)Nc2ccc([PH](C)(C)O)cc21. The maximum atomic E-state index is 13.4. The number of hydrogen-bond acceptors (Lipinski definition) is 7. The number of anilines is 3. The molecule has 10 heteroatoms. The van der Waals surface area contributed by atoms with E-state index in [0.717, 1.165) is 53.1 Å². The van der Waals surface area contributed by atoms with E-state index < -0.39 is 7.49 Å². The van der Waals surface area contributed by atoms with Gasteiger partial charge in [0.25, 0.3) is 0 Å². The van der Waals surface area contributed by atoms with Crippen molar-refractivity contribution in [1.82, 2.24) is 14.8 Å². The van der Waals surface area contributed by atoms with Gasteiger partial charge in [-0.3, -0.25) is 0 Å². The van der Waals surface area contributed by atoms with Crippen LogP contribution in [-0.4, -0.2) is 57.9 Å². The summed E-state index contributed by atoms with van der Waals surface area (Å²) in [5, 5.41) is 12.2. The number of aromatic nitrogens is 3. The summed E-state index contributed by atoms with van der Waals surface area (Å²) < 4.78 is 1.81. The van der Waals surface area contributed by atoms with Gasteiger partial charge in [0, 0.05) is 7.05 Å². The molecule has 1 aromatic carbocycles. The van der Waals surface area contributed by atoms with E-state index in [2.05, 4.69) is 37.5 Å². The van der Waals surface area contributed by atoms with Crippen molar-refractivity contribution in [3.05, 3.63) is 47.8 Å². The molecule has 0 radical (unpaired) electrons. The Morgan fingerprint density at radius 3 is 2.78 bits per heavy atom. The first-order valence-corrected chi connectivity index (χ1v) is 15.3. The number of aryl methyl sites for hydroxylation is 2. The van der Waals surface area contributed by atoms with Gasteiger partial charge in [-0.25, -0.2) is 0 Å². The molecule has 0 spiro atoms. The number of carbonyl (C=O) groups is 1. The molecule has 190 valence electrons. The van der Waals surface area contributed by atoms with Crippen molar-refractivity contribution >= 4 is 41.9 Å². The molecule has 2 bridgehead atoms. The Bertz CT molecular complexity index is 1360. The molecule has 3 aromatic rings. The van der Waals surface area contributed by atoms with Gasteiger partial charge in [0.1, 0.15) is 0 Å². The van der Waals surface area contributed by atoms with E-state index in [1.54, 1.807) is 18.3 Å². The number of aliphatic imine (C=N–C) groups is 1. The molecule has 2 aromatic heterocycles. The van der Waals surface area contributed by atoms with Gasteiger partial charge in [0.15, 0.2) is 0 Å². The summed E-state index contributed by atoms with van der Waals surface area (Å²) in [5.41, 5.74) is 4.62. The van der Waals surface area contributed by atoms with Gasteiger partial charge in [-0.05, 0) is 0 Å². The zero-order valence-electron chi connectivity index (χ0n) is 21.5. The van der Waals surface area contributed by atoms with Gasteiger partial charge < -0.3 is 0 Å². The number of hydrogen-bond donors (Lipinski definition) is 3. The first-order chi connectivity index (χ1) is 17.1. The zero-order chi connectivity index (χ0) is 25.6. The Hall–Kier alpha value is -3.29. The molecule has 2 aliphatic rings. The Morgan fingerprint density at radius 1 is 1.19 bits per heavy atom. The van der Waals surface area contributed by atoms with Gasteiger partial charge in [0.05, 0.1) is 0 Å². The van der Waals surface area contributed by atoms with E-state index in [1.807, 2.05) is 50.2 Å². The van der Waals surface area contributed by atoms with Gasteiger partial charge in [-0.15, -0.1) is 0 Å². The van der Waals surface area contributed by atoms with Crippen LogP contribution in [0.15, 0.2) is 41.5 Å². The molecule has 0 saturated heterocycles. The van der Waals surface area contributed by atoms with Crippen LogP contribution in [0.25, 0.3) is 11.3 Å². The van der Waals surface area contributed by atoms with E-state index in [-0.39, 0.29) is 5.91 Å². The predicted octanol–water partition coefficient (Wildman–Crippen LogP) is 3.60. The van der Waals surface area contributed by atoms with Crippen LogP contribution in [0.1, 0.15) is 35.8 Å². The van der Waals surface area contributed by atoms with Crippen LogP contribution in [0, 0.1) is 12.8 Å². The maximum absolute atomic E-state index is 13.4. The minimum atomic E-state index is -2.50. The fourth-order valence-electron chi connectivity index (χ4n) is 4.80. The second-order valence-electron chi connectivity index (χ2n) is 10.4. The molecule has 1 atom stereocenters. The van der Waals surface area contributed by atoms with Crippen LogP contribution < -0.4 is 20.8 Å². The van der Waals surface area contributed by atoms with E-state index >= 15 is 0 Å². The predicted molar refractivity (Wildman–Crippen MR) is 149 cm³/mol. The van der Waals surface area contributed by atoms with Gasteiger partial charge >= 0.3 is 200 Å². The number of carbonyl (C=O) groups excluding carboxylic acids is 1. The molecule has 4 heterocycles. The molecule has 36 heavy (non-hydrogen) atoms. The van der Waals surface area contributed by atoms with Crippen molar-refractivity contribution in [2.24, 2.45) is 18.0 Å². The van der Waals surface area contributed by atoms with Gasteiger partial charge in [0.2, 0.25) is 0 Å². The second kappa shape index (κ2) is 9.30. The Morgan fingerprint density at radius 2 is 2.00 bits per heavy atom. The topological polar surface area (TPSA) is 108 Å². The van der Waals surface area contributed by atoms with Gasteiger partial charge in [-0.2, -0.15) is 5.10 Å². The molecule has 1 amide bonds. The molecule has 0 aliphatic carbocycles. The van der Waals surface area contributed by atoms with Crippen LogP contribution in [0.2, 0.25) is 0 Å². The van der Waals surface area contributed by atoms with Crippen molar-refractivity contribution in [3.8, 4) is 11.3 Å². The molecule has 1 unspecified atom stereocenters. The van der Waals surface area contributed by atoms with Crippen molar-refractivity contribution < 1.29 is 9.69 Å². The van der Waals surface area contributed by atoms with Crippen LogP contribution in [0.4, 0.5) is 17.2 Å². The molecule has 5 rings (SSSR count). The van der Waals surface area contributed by atoms with E-state index in [4.69, 9.17) is 0 Å². The third-order valence-corrected chi connectivity index (χ3v) is 8.50. The Labute approximate surface area is 212 Å². The fourth-order valence-corrected chi connectivity index (χ4v) is 5.78. The van der Waals surface area contributed by atoms with Gasteiger partial charge in [-0.1, -0.05) is 0 Å². The van der Waals surface area contributed by atoms with Crippen LogP contribution in [0.3, 0.4) is 0 Å². The molecule has 3 N–H and O–H groups in total. The monoisotopic (exact) mass is 507 g/mol. The number of nitrogens with zero attached hydrogens (tertiary/aromatic N) is 5. The number of amides is 1. The molecule has 2 aliphatic heterocycles. The number of guanidine groups is 1. The van der Waals surface area contributed by atoms with E-state index in [9.17, 15) is 9.69 Å². The third kappa shape index (κ3) is 4.73. The van der Waals surface area contributed by atoms with E-state index in [0.29, 0.717) is 29.7 Å². The first-order valence-electron chi connectivity index (χ1n) is 12.4. The zero-order valence-corrected chi connectivity index (χ0v) is 22.5. The molecule has 9 nitrogen and oxygen atoms in total. The number of benzene rings is 1. The molecular formula is C26H34N7O2P. The summed E-state index contributed by atoms with van der Waals surface area (Å²) in [6.45, 7) is 9.43. The van der Waals surface area contributed by atoms with Crippen molar-refractivity contribution in [3.63, 3.8) is 0 Å². The average Bonchev–Trinajstić information content (AvgIpc) is 3.34. The van der Waals surface area contributed by atoms with Crippen LogP contribution in [-0.2, 0) is 7.05 Å². The van der Waals surface area contributed by atoms with Crippen molar-refractivity contribution in [1.29, 1.82) is 0 Å². The number of fused-ring (bicyclic) bond motifs is 7. The summed E-state index contributed by atoms with van der Waals surface area (Å²) in [6, 6.07) is 9.54. The Balaban J connectivity index is 1.60. The number of rotatable bonds is 1. The Kier molecular flexibility index (Phi) is 6.30. The third-order valence-electron chi connectivity index (χ3n) is 6.78. The summed E-state index contributed by atoms with van der Waals surface area (Å²) in [6.07, 6.45) is 3.76. The normalized spacial score (nSPS) is 20.1. The minimum absolute atomic E-state index is 0.333. The van der Waals surface area contributed by atoms with Crippen molar-refractivity contribution in [2.45, 2.75) is 26.7 Å². The summed E-state index contributed by atoms with van der Waals surface area (Å²) >= 11 is 0. The summed E-state index contributed by atoms with van der Waals surface area (Å²) in [5.74, 6) is 1.42. The number of pyridine rings is 1. The molecular weight excluding hydrogens is 473 g/mol. The average molecular weight is 508 g/mol.